The lowest BCUT2D eigenvalue weighted by molar-refractivity contribution is -0.142. The second-order valence-corrected chi connectivity index (χ2v) is 8.97. The number of hydrogen-bond donors (Lipinski definition) is 2. The van der Waals surface area contributed by atoms with E-state index in [2.05, 4.69) is 17.4 Å². The zero-order valence-electron chi connectivity index (χ0n) is 19.4. The van der Waals surface area contributed by atoms with Crippen molar-refractivity contribution in [3.63, 3.8) is 0 Å². The molecule has 2 N–H and O–H groups in total. The Bertz CT molecular complexity index is 1030. The summed E-state index contributed by atoms with van der Waals surface area (Å²) in [6.45, 7) is 2.70. The van der Waals surface area contributed by atoms with Crippen molar-refractivity contribution >= 4 is 18.0 Å². The van der Waals surface area contributed by atoms with Gasteiger partial charge in [0.2, 0.25) is 5.91 Å². The number of amides is 2. The molecule has 0 saturated carbocycles. The smallest absolute Gasteiger partial charge is 0.407 e. The van der Waals surface area contributed by atoms with Crippen molar-refractivity contribution in [3.8, 4) is 11.1 Å². The van der Waals surface area contributed by atoms with Crippen LogP contribution in [0.4, 0.5) is 4.79 Å². The number of aliphatic carboxylic acids is 1. The molecule has 1 unspecified atom stereocenters. The number of carboxylic acids is 1. The molecular formula is C26H30N2O6. The van der Waals surface area contributed by atoms with Gasteiger partial charge in [-0.25, -0.2) is 4.79 Å². The Kier molecular flexibility index (Phi) is 7.17. The van der Waals surface area contributed by atoms with Crippen LogP contribution in [0.2, 0.25) is 0 Å². The van der Waals surface area contributed by atoms with Crippen LogP contribution in [-0.2, 0) is 19.1 Å². The molecule has 34 heavy (non-hydrogen) atoms. The van der Waals surface area contributed by atoms with Crippen LogP contribution in [0.25, 0.3) is 11.1 Å². The van der Waals surface area contributed by atoms with Crippen LogP contribution < -0.4 is 5.32 Å². The summed E-state index contributed by atoms with van der Waals surface area (Å²) in [4.78, 5) is 38.8. The number of carbonyl (C=O) groups excluding carboxylic acids is 2. The molecule has 180 valence electrons. The molecule has 0 aromatic heterocycles. The SMILES string of the molecule is COCCC(NC(=O)OCC1c2ccccc2-c2ccccc21)C(=O)N1C[C@H](C(=O)O)[C@@H](C)C1. The first kappa shape index (κ1) is 23.8. The first-order chi connectivity index (χ1) is 16.4. The minimum atomic E-state index is -0.916. The molecule has 2 aromatic carbocycles. The van der Waals surface area contributed by atoms with Gasteiger partial charge in [0.05, 0.1) is 5.92 Å². The molecule has 1 saturated heterocycles. The number of rotatable bonds is 8. The number of carbonyl (C=O) groups is 3. The number of carboxylic acid groups (broad SMARTS) is 1. The highest BCUT2D eigenvalue weighted by Crippen LogP contribution is 2.44. The molecule has 1 fully saturated rings. The van der Waals surface area contributed by atoms with Gasteiger partial charge in [0.1, 0.15) is 12.6 Å². The topological polar surface area (TPSA) is 105 Å². The quantitative estimate of drug-likeness (QED) is 0.619. The Morgan fingerprint density at radius 2 is 1.68 bits per heavy atom. The van der Waals surface area contributed by atoms with E-state index in [0.29, 0.717) is 6.54 Å². The summed E-state index contributed by atoms with van der Waals surface area (Å²) in [7, 11) is 1.52. The van der Waals surface area contributed by atoms with E-state index in [-0.39, 0.29) is 43.9 Å². The number of benzene rings is 2. The largest absolute Gasteiger partial charge is 0.481 e. The van der Waals surface area contributed by atoms with Gasteiger partial charge >= 0.3 is 12.1 Å². The molecule has 1 aliphatic heterocycles. The average molecular weight is 467 g/mol. The third-order valence-electron chi connectivity index (χ3n) is 6.79. The minimum Gasteiger partial charge on any atom is -0.481 e. The number of hydrogen-bond acceptors (Lipinski definition) is 5. The van der Waals surface area contributed by atoms with E-state index in [0.717, 1.165) is 22.3 Å². The van der Waals surface area contributed by atoms with E-state index < -0.39 is 24.0 Å². The molecule has 1 aliphatic carbocycles. The molecule has 0 spiro atoms. The standard InChI is InChI=1S/C26H30N2O6/c1-16-13-28(14-21(16)25(30)31)24(29)23(11-12-33-2)27-26(32)34-15-22-19-9-5-3-7-17(19)18-8-4-6-10-20(18)22/h3-10,16,21-23H,11-15H2,1-2H3,(H,27,32)(H,30,31)/t16-,21-,23?/m0/s1. The number of methoxy groups -OCH3 is 1. The van der Waals surface area contributed by atoms with Gasteiger partial charge in [0, 0.05) is 39.1 Å². The molecule has 8 heteroatoms. The van der Waals surface area contributed by atoms with E-state index in [9.17, 15) is 19.5 Å². The highest BCUT2D eigenvalue weighted by Gasteiger charge is 2.39. The van der Waals surface area contributed by atoms with Crippen LogP contribution in [0, 0.1) is 11.8 Å². The van der Waals surface area contributed by atoms with E-state index in [1.165, 1.54) is 12.0 Å². The van der Waals surface area contributed by atoms with E-state index in [1.54, 1.807) is 0 Å². The van der Waals surface area contributed by atoms with Crippen molar-refractivity contribution in [1.29, 1.82) is 0 Å². The Morgan fingerprint density at radius 1 is 1.06 bits per heavy atom. The van der Waals surface area contributed by atoms with Gasteiger partial charge in [-0.3, -0.25) is 9.59 Å². The van der Waals surface area contributed by atoms with Gasteiger partial charge < -0.3 is 24.8 Å². The monoisotopic (exact) mass is 466 g/mol. The van der Waals surface area contributed by atoms with Gasteiger partial charge in [-0.2, -0.15) is 0 Å². The maximum Gasteiger partial charge on any atom is 0.407 e. The highest BCUT2D eigenvalue weighted by molar-refractivity contribution is 5.87. The number of fused-ring (bicyclic) bond motifs is 3. The molecular weight excluding hydrogens is 436 g/mol. The summed E-state index contributed by atoms with van der Waals surface area (Å²) in [5, 5.41) is 12.1. The van der Waals surface area contributed by atoms with Gasteiger partial charge in [0.25, 0.3) is 0 Å². The minimum absolute atomic E-state index is 0.0815. The normalized spacial score (nSPS) is 19.9. The fraction of sp³-hybridized carbons (Fsp3) is 0.423. The number of ether oxygens (including phenoxy) is 2. The summed E-state index contributed by atoms with van der Waals surface area (Å²) in [5.74, 6) is -2.08. The lowest BCUT2D eigenvalue weighted by Gasteiger charge is -2.24. The summed E-state index contributed by atoms with van der Waals surface area (Å²) in [6, 6.07) is 15.3. The maximum atomic E-state index is 13.1. The van der Waals surface area contributed by atoms with E-state index >= 15 is 0 Å². The fourth-order valence-electron chi connectivity index (χ4n) is 4.96. The molecule has 2 aromatic rings. The highest BCUT2D eigenvalue weighted by atomic mass is 16.5. The molecule has 4 rings (SSSR count). The van der Waals surface area contributed by atoms with Crippen molar-refractivity contribution < 1.29 is 29.0 Å². The van der Waals surface area contributed by atoms with Gasteiger partial charge in [-0.1, -0.05) is 55.5 Å². The van der Waals surface area contributed by atoms with Crippen LogP contribution in [0.1, 0.15) is 30.4 Å². The second-order valence-electron chi connectivity index (χ2n) is 8.97. The Morgan fingerprint density at radius 3 is 2.24 bits per heavy atom. The predicted octanol–water partition coefficient (Wildman–Crippen LogP) is 3.11. The summed E-state index contributed by atoms with van der Waals surface area (Å²) in [5.41, 5.74) is 4.48. The average Bonchev–Trinajstić information content (AvgIpc) is 3.38. The van der Waals surface area contributed by atoms with Crippen LogP contribution in [0.3, 0.4) is 0 Å². The van der Waals surface area contributed by atoms with Crippen LogP contribution in [0.5, 0.6) is 0 Å². The Labute approximate surface area is 198 Å². The van der Waals surface area contributed by atoms with Crippen molar-refractivity contribution in [2.45, 2.75) is 25.3 Å². The summed E-state index contributed by atoms with van der Waals surface area (Å²) in [6.07, 6.45) is -0.416. The van der Waals surface area contributed by atoms with Crippen molar-refractivity contribution in [1.82, 2.24) is 10.2 Å². The number of alkyl carbamates (subject to hydrolysis) is 1. The fourth-order valence-corrected chi connectivity index (χ4v) is 4.96. The zero-order chi connectivity index (χ0) is 24.2. The molecule has 3 atom stereocenters. The molecule has 8 nitrogen and oxygen atoms in total. The van der Waals surface area contributed by atoms with E-state index in [4.69, 9.17) is 9.47 Å². The van der Waals surface area contributed by atoms with Crippen molar-refractivity contribution in [2.24, 2.45) is 11.8 Å². The molecule has 2 amide bonds. The first-order valence-corrected chi connectivity index (χ1v) is 11.5. The predicted molar refractivity (Wildman–Crippen MR) is 125 cm³/mol. The number of nitrogens with one attached hydrogen (secondary N) is 1. The van der Waals surface area contributed by atoms with Gasteiger partial charge in [-0.05, 0) is 28.2 Å². The third-order valence-corrected chi connectivity index (χ3v) is 6.79. The lowest BCUT2D eigenvalue weighted by Crippen LogP contribution is -2.49. The third kappa shape index (κ3) is 4.77. The van der Waals surface area contributed by atoms with Gasteiger partial charge in [-0.15, -0.1) is 0 Å². The van der Waals surface area contributed by atoms with Crippen molar-refractivity contribution in [2.75, 3.05) is 33.4 Å². The lowest BCUT2D eigenvalue weighted by atomic mass is 9.98. The van der Waals surface area contributed by atoms with Crippen LogP contribution in [-0.4, -0.2) is 67.4 Å². The van der Waals surface area contributed by atoms with Crippen molar-refractivity contribution in [3.05, 3.63) is 59.7 Å². The van der Waals surface area contributed by atoms with E-state index in [1.807, 2.05) is 43.3 Å². The zero-order valence-corrected chi connectivity index (χ0v) is 19.4. The Hall–Kier alpha value is -3.39. The molecule has 1 heterocycles. The number of likely N-dealkylation sites (tertiary alicyclic amines) is 1. The molecule has 0 bridgehead atoms. The Balaban J connectivity index is 1.41. The summed E-state index contributed by atoms with van der Waals surface area (Å²) < 4.78 is 10.7. The van der Waals surface area contributed by atoms with Gasteiger partial charge in [0.15, 0.2) is 0 Å². The van der Waals surface area contributed by atoms with Crippen LogP contribution >= 0.6 is 0 Å². The maximum absolute atomic E-state index is 13.1. The summed E-state index contributed by atoms with van der Waals surface area (Å²) >= 11 is 0. The second kappa shape index (κ2) is 10.3. The van der Waals surface area contributed by atoms with Crippen LogP contribution in [0.15, 0.2) is 48.5 Å². The molecule has 2 aliphatic rings. The molecule has 0 radical (unpaired) electrons. The number of nitrogens with zero attached hydrogens (tertiary/aromatic N) is 1. The first-order valence-electron chi connectivity index (χ1n) is 11.5.